The van der Waals surface area contributed by atoms with Crippen LogP contribution in [0.5, 0.6) is 0 Å². The summed E-state index contributed by atoms with van der Waals surface area (Å²) in [6.07, 6.45) is 3.79. The van der Waals surface area contributed by atoms with E-state index in [0.29, 0.717) is 11.6 Å². The molecule has 1 aromatic rings. The van der Waals surface area contributed by atoms with Crippen molar-refractivity contribution >= 4 is 33.6 Å². The second-order valence-electron chi connectivity index (χ2n) is 6.59. The first-order valence-electron chi connectivity index (χ1n) is 8.40. The number of hydrogen-bond acceptors (Lipinski definition) is 5. The van der Waals surface area contributed by atoms with Gasteiger partial charge in [0.2, 0.25) is 5.91 Å². The monoisotopic (exact) mass is 382 g/mol. The molecule has 6 nitrogen and oxygen atoms in total. The van der Waals surface area contributed by atoms with Crippen LogP contribution < -0.4 is 4.72 Å². The number of sulfonamides is 1. The van der Waals surface area contributed by atoms with E-state index in [-0.39, 0.29) is 16.7 Å². The van der Waals surface area contributed by atoms with E-state index in [1.807, 2.05) is 6.92 Å². The summed E-state index contributed by atoms with van der Waals surface area (Å²) in [5, 5.41) is 0. The summed E-state index contributed by atoms with van der Waals surface area (Å²) in [7, 11) is -3.93. The van der Waals surface area contributed by atoms with Crippen LogP contribution >= 0.6 is 11.8 Å². The molecule has 0 unspecified atom stereocenters. The van der Waals surface area contributed by atoms with Crippen molar-refractivity contribution in [3.63, 3.8) is 0 Å². The van der Waals surface area contributed by atoms with Gasteiger partial charge in [-0.15, -0.1) is 11.8 Å². The highest BCUT2D eigenvalue weighted by molar-refractivity contribution is 7.99. The van der Waals surface area contributed by atoms with Gasteiger partial charge >= 0.3 is 0 Å². The zero-order valence-corrected chi connectivity index (χ0v) is 15.7. The van der Waals surface area contributed by atoms with Crippen LogP contribution in [0.15, 0.2) is 29.2 Å². The normalized spacial score (nSPS) is 21.5. The molecular formula is C17H22N2O4S2. The van der Waals surface area contributed by atoms with Crippen LogP contribution in [0, 0.1) is 12.8 Å². The molecular weight excluding hydrogens is 360 g/mol. The number of benzene rings is 1. The first kappa shape index (κ1) is 18.3. The van der Waals surface area contributed by atoms with E-state index in [0.717, 1.165) is 31.2 Å². The van der Waals surface area contributed by atoms with Crippen LogP contribution in [0.3, 0.4) is 0 Å². The Bertz CT molecular complexity index is 755. The first-order valence-corrected chi connectivity index (χ1v) is 11.0. The van der Waals surface area contributed by atoms with Crippen LogP contribution in [0.4, 0.5) is 0 Å². The molecule has 136 valence electrons. The van der Waals surface area contributed by atoms with Gasteiger partial charge in [-0.25, -0.2) is 13.1 Å². The lowest BCUT2D eigenvalue weighted by Crippen LogP contribution is -2.50. The van der Waals surface area contributed by atoms with Gasteiger partial charge in [0.15, 0.2) is 0 Å². The molecule has 0 aromatic heterocycles. The molecule has 1 saturated carbocycles. The van der Waals surface area contributed by atoms with E-state index in [1.54, 1.807) is 17.0 Å². The maximum atomic E-state index is 12.6. The van der Waals surface area contributed by atoms with Gasteiger partial charge in [0.1, 0.15) is 6.04 Å². The van der Waals surface area contributed by atoms with Gasteiger partial charge in [0, 0.05) is 11.7 Å². The van der Waals surface area contributed by atoms with E-state index in [2.05, 4.69) is 4.72 Å². The highest BCUT2D eigenvalue weighted by Gasteiger charge is 2.39. The third-order valence-corrected chi connectivity index (χ3v) is 7.11. The first-order chi connectivity index (χ1) is 11.9. The Morgan fingerprint density at radius 3 is 2.44 bits per heavy atom. The Balaban J connectivity index is 1.71. The summed E-state index contributed by atoms with van der Waals surface area (Å²) in [5.74, 6) is 0.195. The molecule has 2 fully saturated rings. The average molecular weight is 383 g/mol. The van der Waals surface area contributed by atoms with Gasteiger partial charge in [-0.2, -0.15) is 0 Å². The zero-order chi connectivity index (χ0) is 18.0. The van der Waals surface area contributed by atoms with Gasteiger partial charge in [-0.3, -0.25) is 9.59 Å². The van der Waals surface area contributed by atoms with Crippen LogP contribution in [-0.4, -0.2) is 42.8 Å². The Kier molecular flexibility index (Phi) is 5.38. The molecule has 1 heterocycles. The Hall–Kier alpha value is -1.54. The number of aryl methyl sites for hydroxylation is 1. The second-order valence-corrected chi connectivity index (χ2v) is 9.27. The molecule has 3 rings (SSSR count). The second kappa shape index (κ2) is 7.37. The predicted molar refractivity (Wildman–Crippen MR) is 96.4 cm³/mol. The number of hydrogen-bond donors (Lipinski definition) is 1. The molecule has 8 heteroatoms. The summed E-state index contributed by atoms with van der Waals surface area (Å²) in [6, 6.07) is 5.57. The van der Waals surface area contributed by atoms with Crippen molar-refractivity contribution in [1.82, 2.24) is 9.62 Å². The van der Waals surface area contributed by atoms with Gasteiger partial charge in [0.25, 0.3) is 15.9 Å². The molecule has 0 radical (unpaired) electrons. The van der Waals surface area contributed by atoms with Gasteiger partial charge < -0.3 is 4.90 Å². The lowest BCUT2D eigenvalue weighted by atomic mass is 10.1. The molecule has 1 N–H and O–H groups in total. The van der Waals surface area contributed by atoms with Crippen molar-refractivity contribution in [3.05, 3.63) is 29.8 Å². The Labute approximate surface area is 152 Å². The summed E-state index contributed by atoms with van der Waals surface area (Å²) in [6.45, 7) is 1.86. The highest BCUT2D eigenvalue weighted by atomic mass is 32.2. The minimum absolute atomic E-state index is 0.0182. The molecule has 2 amide bonds. The van der Waals surface area contributed by atoms with Crippen molar-refractivity contribution in [2.24, 2.45) is 5.92 Å². The van der Waals surface area contributed by atoms with Gasteiger partial charge in [-0.1, -0.05) is 30.5 Å². The van der Waals surface area contributed by atoms with E-state index in [4.69, 9.17) is 0 Å². The maximum absolute atomic E-state index is 12.6. The molecule has 1 saturated heterocycles. The van der Waals surface area contributed by atoms with Crippen LogP contribution in [0.1, 0.15) is 31.2 Å². The average Bonchev–Trinajstić information content (AvgIpc) is 3.26. The van der Waals surface area contributed by atoms with Gasteiger partial charge in [0.05, 0.1) is 10.8 Å². The maximum Gasteiger partial charge on any atom is 0.264 e. The van der Waals surface area contributed by atoms with Crippen molar-refractivity contribution in [3.8, 4) is 0 Å². The smallest absolute Gasteiger partial charge is 0.264 e. The molecule has 0 bridgehead atoms. The fraction of sp³-hybridized carbons (Fsp3) is 0.529. The fourth-order valence-electron chi connectivity index (χ4n) is 3.26. The molecule has 1 aliphatic heterocycles. The zero-order valence-electron chi connectivity index (χ0n) is 14.1. The number of nitrogens with zero attached hydrogens (tertiary/aromatic N) is 1. The van der Waals surface area contributed by atoms with E-state index in [1.165, 1.54) is 23.9 Å². The molecule has 0 spiro atoms. The lowest BCUT2D eigenvalue weighted by molar-refractivity contribution is -0.140. The number of rotatable bonds is 4. The number of amides is 2. The van der Waals surface area contributed by atoms with Gasteiger partial charge in [-0.05, 0) is 31.9 Å². The number of thioether (sulfide) groups is 1. The topological polar surface area (TPSA) is 83.6 Å². The number of carbonyl (C=O) groups excluding carboxylic acids is 2. The largest absolute Gasteiger partial charge is 0.320 e. The summed E-state index contributed by atoms with van der Waals surface area (Å²) in [5.41, 5.74) is 0.936. The quantitative estimate of drug-likeness (QED) is 0.860. The standard InChI is InChI=1S/C17H22N2O4S2/c1-12-6-8-14(9-7-12)25(22,23)18-16(20)15-10-24-11-19(15)17(21)13-4-2-3-5-13/h6-9,13,15H,2-5,10-11H2,1H3,(H,18,20)/t15-/m0/s1. The highest BCUT2D eigenvalue weighted by Crippen LogP contribution is 2.31. The number of nitrogens with one attached hydrogen (secondary N) is 1. The third-order valence-electron chi connectivity index (χ3n) is 4.74. The third kappa shape index (κ3) is 4.00. The van der Waals surface area contributed by atoms with E-state index >= 15 is 0 Å². The van der Waals surface area contributed by atoms with Crippen molar-refractivity contribution in [2.45, 2.75) is 43.5 Å². The van der Waals surface area contributed by atoms with Crippen LogP contribution in [0.2, 0.25) is 0 Å². The lowest BCUT2D eigenvalue weighted by Gasteiger charge is -2.25. The molecule has 1 aliphatic carbocycles. The Morgan fingerprint density at radius 2 is 1.80 bits per heavy atom. The van der Waals surface area contributed by atoms with E-state index < -0.39 is 22.0 Å². The Morgan fingerprint density at radius 1 is 1.16 bits per heavy atom. The summed E-state index contributed by atoms with van der Waals surface area (Å²) < 4.78 is 26.9. The van der Waals surface area contributed by atoms with Crippen molar-refractivity contribution in [1.29, 1.82) is 0 Å². The van der Waals surface area contributed by atoms with Crippen LogP contribution in [0.25, 0.3) is 0 Å². The fourth-order valence-corrected chi connectivity index (χ4v) is 5.44. The predicted octanol–water partition coefficient (Wildman–Crippen LogP) is 1.89. The van der Waals surface area contributed by atoms with Crippen molar-refractivity contribution < 1.29 is 18.0 Å². The molecule has 1 aromatic carbocycles. The molecule has 2 aliphatic rings. The molecule has 25 heavy (non-hydrogen) atoms. The van der Waals surface area contributed by atoms with Crippen LogP contribution in [-0.2, 0) is 19.6 Å². The number of carbonyl (C=O) groups is 2. The minimum Gasteiger partial charge on any atom is -0.320 e. The molecule has 1 atom stereocenters. The van der Waals surface area contributed by atoms with E-state index in [9.17, 15) is 18.0 Å². The SMILES string of the molecule is Cc1ccc(S(=O)(=O)NC(=O)[C@@H]2CSCN2C(=O)C2CCCC2)cc1. The summed E-state index contributed by atoms with van der Waals surface area (Å²) >= 11 is 1.48. The van der Waals surface area contributed by atoms with Crippen molar-refractivity contribution in [2.75, 3.05) is 11.6 Å². The minimum atomic E-state index is -3.93. The summed E-state index contributed by atoms with van der Waals surface area (Å²) in [4.78, 5) is 26.7.